The molecule has 1 aromatic heterocycles. The second-order valence-corrected chi connectivity index (χ2v) is 5.81. The number of nitriles is 1. The second-order valence-electron chi connectivity index (χ2n) is 5.81. The van der Waals surface area contributed by atoms with Gasteiger partial charge in [-0.25, -0.2) is 4.98 Å². The van der Waals surface area contributed by atoms with Crippen molar-refractivity contribution in [2.75, 3.05) is 11.9 Å². The van der Waals surface area contributed by atoms with E-state index in [0.29, 0.717) is 30.8 Å². The standard InChI is InChI=1S/C16H21N3O2/c1-12-6-7-13(10-17)14(19-12)18-11-16(15(20)21)8-4-2-3-5-9-16/h6-7H,2-5,8-9,11H2,1H3,(H,18,19)(H,20,21). The van der Waals surface area contributed by atoms with Crippen molar-refractivity contribution in [3.63, 3.8) is 0 Å². The first kappa shape index (κ1) is 15.3. The van der Waals surface area contributed by atoms with Gasteiger partial charge in [0.05, 0.1) is 11.0 Å². The van der Waals surface area contributed by atoms with Gasteiger partial charge >= 0.3 is 5.97 Å². The number of nitrogens with zero attached hydrogens (tertiary/aromatic N) is 2. The van der Waals surface area contributed by atoms with Gasteiger partial charge in [0.2, 0.25) is 0 Å². The number of aliphatic carboxylic acids is 1. The van der Waals surface area contributed by atoms with E-state index in [9.17, 15) is 9.90 Å². The van der Waals surface area contributed by atoms with Gasteiger partial charge in [0, 0.05) is 12.2 Å². The molecule has 21 heavy (non-hydrogen) atoms. The number of carboxylic acid groups (broad SMARTS) is 1. The van der Waals surface area contributed by atoms with Crippen LogP contribution in [0.25, 0.3) is 0 Å². The molecule has 5 nitrogen and oxygen atoms in total. The number of hydrogen-bond donors (Lipinski definition) is 2. The summed E-state index contributed by atoms with van der Waals surface area (Å²) in [6, 6.07) is 5.59. The minimum absolute atomic E-state index is 0.327. The van der Waals surface area contributed by atoms with Crippen molar-refractivity contribution in [2.24, 2.45) is 5.41 Å². The van der Waals surface area contributed by atoms with Crippen molar-refractivity contribution in [2.45, 2.75) is 45.4 Å². The molecule has 0 spiro atoms. The first-order valence-electron chi connectivity index (χ1n) is 7.42. The SMILES string of the molecule is Cc1ccc(C#N)c(NCC2(C(=O)O)CCCCCC2)n1. The van der Waals surface area contributed by atoms with Crippen LogP contribution in [0.2, 0.25) is 0 Å². The van der Waals surface area contributed by atoms with E-state index >= 15 is 0 Å². The third-order valence-corrected chi connectivity index (χ3v) is 4.26. The molecule has 1 fully saturated rings. The summed E-state index contributed by atoms with van der Waals surface area (Å²) in [6.07, 6.45) is 5.45. The van der Waals surface area contributed by atoms with E-state index < -0.39 is 11.4 Å². The van der Waals surface area contributed by atoms with Crippen molar-refractivity contribution in [1.82, 2.24) is 4.98 Å². The Morgan fingerprint density at radius 1 is 1.38 bits per heavy atom. The van der Waals surface area contributed by atoms with Crippen molar-refractivity contribution in [1.29, 1.82) is 5.26 Å². The predicted molar refractivity (Wildman–Crippen MR) is 79.9 cm³/mol. The Morgan fingerprint density at radius 3 is 2.62 bits per heavy atom. The number of anilines is 1. The lowest BCUT2D eigenvalue weighted by Crippen LogP contribution is -2.37. The maximum absolute atomic E-state index is 11.7. The molecular weight excluding hydrogens is 266 g/mol. The first-order chi connectivity index (χ1) is 10.1. The van der Waals surface area contributed by atoms with Crippen LogP contribution in [-0.2, 0) is 4.79 Å². The van der Waals surface area contributed by atoms with Crippen LogP contribution in [0, 0.1) is 23.7 Å². The molecule has 0 bridgehead atoms. The summed E-state index contributed by atoms with van der Waals surface area (Å²) in [4.78, 5) is 16.1. The third kappa shape index (κ3) is 3.52. The Labute approximate surface area is 125 Å². The fourth-order valence-electron chi connectivity index (χ4n) is 2.91. The molecule has 0 aromatic carbocycles. The monoisotopic (exact) mass is 287 g/mol. The number of aryl methyl sites for hydroxylation is 1. The number of rotatable bonds is 4. The minimum Gasteiger partial charge on any atom is -0.481 e. The van der Waals surface area contributed by atoms with E-state index in [1.165, 1.54) is 0 Å². The lowest BCUT2D eigenvalue weighted by Gasteiger charge is -2.28. The summed E-state index contributed by atoms with van der Waals surface area (Å²) in [7, 11) is 0. The maximum atomic E-state index is 11.7. The zero-order chi connectivity index (χ0) is 15.3. The van der Waals surface area contributed by atoms with Crippen LogP contribution in [0.4, 0.5) is 5.82 Å². The van der Waals surface area contributed by atoms with E-state index in [1.54, 1.807) is 12.1 Å². The Bertz CT molecular complexity index is 555. The summed E-state index contributed by atoms with van der Waals surface area (Å²) in [5, 5.41) is 21.9. The lowest BCUT2D eigenvalue weighted by atomic mass is 9.80. The molecule has 2 N–H and O–H groups in total. The van der Waals surface area contributed by atoms with Gasteiger partial charge < -0.3 is 10.4 Å². The molecule has 0 radical (unpaired) electrons. The average Bonchev–Trinajstić information content (AvgIpc) is 2.72. The molecule has 0 saturated heterocycles. The van der Waals surface area contributed by atoms with Gasteiger partial charge in [0.15, 0.2) is 0 Å². The smallest absolute Gasteiger partial charge is 0.311 e. The lowest BCUT2D eigenvalue weighted by molar-refractivity contribution is -0.149. The highest BCUT2D eigenvalue weighted by molar-refractivity contribution is 5.75. The normalized spacial score (nSPS) is 17.5. The molecular formula is C16H21N3O2. The average molecular weight is 287 g/mol. The summed E-state index contributed by atoms with van der Waals surface area (Å²) in [5.74, 6) is -0.259. The molecule has 0 aliphatic heterocycles. The third-order valence-electron chi connectivity index (χ3n) is 4.26. The zero-order valence-corrected chi connectivity index (χ0v) is 12.4. The van der Waals surface area contributed by atoms with E-state index in [1.807, 2.05) is 6.92 Å². The number of carboxylic acids is 1. The van der Waals surface area contributed by atoms with Crippen LogP contribution in [0.5, 0.6) is 0 Å². The van der Waals surface area contributed by atoms with Gasteiger partial charge in [-0.05, 0) is 31.9 Å². The largest absolute Gasteiger partial charge is 0.481 e. The Balaban J connectivity index is 2.17. The molecule has 0 amide bonds. The summed E-state index contributed by atoms with van der Waals surface area (Å²) in [5.41, 5.74) is 0.519. The van der Waals surface area contributed by atoms with Crippen LogP contribution >= 0.6 is 0 Å². The topological polar surface area (TPSA) is 86.0 Å². The van der Waals surface area contributed by atoms with Crippen molar-refractivity contribution >= 4 is 11.8 Å². The van der Waals surface area contributed by atoms with E-state index in [-0.39, 0.29) is 0 Å². The van der Waals surface area contributed by atoms with E-state index in [4.69, 9.17) is 5.26 Å². The number of pyridine rings is 1. The van der Waals surface area contributed by atoms with Gasteiger partial charge in [-0.1, -0.05) is 25.7 Å². The van der Waals surface area contributed by atoms with Crippen LogP contribution in [0.3, 0.4) is 0 Å². The molecule has 0 unspecified atom stereocenters. The maximum Gasteiger partial charge on any atom is 0.311 e. The highest BCUT2D eigenvalue weighted by atomic mass is 16.4. The van der Waals surface area contributed by atoms with Crippen LogP contribution in [0.1, 0.15) is 49.8 Å². The minimum atomic E-state index is -0.747. The van der Waals surface area contributed by atoms with E-state index in [2.05, 4.69) is 16.4 Å². The molecule has 1 aromatic rings. The molecule has 5 heteroatoms. The highest BCUT2D eigenvalue weighted by Gasteiger charge is 2.38. The molecule has 1 heterocycles. The van der Waals surface area contributed by atoms with Crippen molar-refractivity contribution < 1.29 is 9.90 Å². The quantitative estimate of drug-likeness (QED) is 0.831. The summed E-state index contributed by atoms with van der Waals surface area (Å²) < 4.78 is 0. The summed E-state index contributed by atoms with van der Waals surface area (Å²) >= 11 is 0. The fraction of sp³-hybridized carbons (Fsp3) is 0.562. The number of hydrogen-bond acceptors (Lipinski definition) is 4. The molecule has 1 saturated carbocycles. The Hall–Kier alpha value is -2.09. The molecule has 112 valence electrons. The predicted octanol–water partition coefficient (Wildman–Crippen LogP) is 3.10. The molecule has 1 aliphatic carbocycles. The number of aromatic nitrogens is 1. The van der Waals surface area contributed by atoms with Gasteiger partial charge in [0.25, 0.3) is 0 Å². The first-order valence-corrected chi connectivity index (χ1v) is 7.42. The zero-order valence-electron chi connectivity index (χ0n) is 12.4. The van der Waals surface area contributed by atoms with E-state index in [0.717, 1.165) is 31.4 Å². The van der Waals surface area contributed by atoms with Gasteiger partial charge in [-0.15, -0.1) is 0 Å². The van der Waals surface area contributed by atoms with Crippen LogP contribution in [0.15, 0.2) is 12.1 Å². The van der Waals surface area contributed by atoms with Crippen LogP contribution < -0.4 is 5.32 Å². The second kappa shape index (κ2) is 6.57. The molecule has 1 aliphatic rings. The highest BCUT2D eigenvalue weighted by Crippen LogP contribution is 2.35. The number of carbonyl (C=O) groups is 1. The Kier molecular flexibility index (Phi) is 4.79. The fourth-order valence-corrected chi connectivity index (χ4v) is 2.91. The molecule has 0 atom stereocenters. The molecule has 2 rings (SSSR count). The van der Waals surface area contributed by atoms with Crippen molar-refractivity contribution in [3.8, 4) is 6.07 Å². The summed E-state index contributed by atoms with van der Waals surface area (Å²) in [6.45, 7) is 2.18. The van der Waals surface area contributed by atoms with Gasteiger partial charge in [-0.2, -0.15) is 5.26 Å². The van der Waals surface area contributed by atoms with Crippen LogP contribution in [-0.4, -0.2) is 22.6 Å². The van der Waals surface area contributed by atoms with Gasteiger partial charge in [0.1, 0.15) is 11.9 Å². The van der Waals surface area contributed by atoms with Crippen molar-refractivity contribution in [3.05, 3.63) is 23.4 Å². The number of nitrogens with one attached hydrogen (secondary N) is 1. The Morgan fingerprint density at radius 2 is 2.05 bits per heavy atom. The van der Waals surface area contributed by atoms with Gasteiger partial charge in [-0.3, -0.25) is 4.79 Å².